The lowest BCUT2D eigenvalue weighted by molar-refractivity contribution is 0.307. The van der Waals surface area contributed by atoms with Crippen molar-refractivity contribution in [2.75, 3.05) is 0 Å². The van der Waals surface area contributed by atoms with Gasteiger partial charge in [-0.15, -0.1) is 5.10 Å². The van der Waals surface area contributed by atoms with Crippen LogP contribution >= 0.6 is 27.5 Å². The van der Waals surface area contributed by atoms with Crippen LogP contribution in [0.1, 0.15) is 4.88 Å². The van der Waals surface area contributed by atoms with Crippen LogP contribution in [-0.2, 0) is 6.61 Å². The van der Waals surface area contributed by atoms with Crippen molar-refractivity contribution in [2.45, 2.75) is 6.61 Å². The van der Waals surface area contributed by atoms with Crippen LogP contribution in [0, 0.1) is 0 Å². The summed E-state index contributed by atoms with van der Waals surface area (Å²) in [5, 5.41) is 3.73. The highest BCUT2D eigenvalue weighted by Gasteiger charge is 2.01. The lowest BCUT2D eigenvalue weighted by atomic mass is 10.3. The Bertz CT molecular complexity index is 405. The molecular formula is C9H7BrN2OS. The van der Waals surface area contributed by atoms with Gasteiger partial charge in [-0.25, -0.2) is 0 Å². The van der Waals surface area contributed by atoms with Crippen LogP contribution in [0.3, 0.4) is 0 Å². The van der Waals surface area contributed by atoms with Crippen molar-refractivity contribution < 1.29 is 4.74 Å². The first-order valence-corrected chi connectivity index (χ1v) is 5.56. The molecule has 0 atom stereocenters. The molecule has 0 amide bonds. The molecule has 0 unspecified atom stereocenters. The Hall–Kier alpha value is -0.940. The van der Waals surface area contributed by atoms with Gasteiger partial charge in [-0.1, -0.05) is 16.6 Å². The lowest BCUT2D eigenvalue weighted by Crippen LogP contribution is -1.93. The van der Waals surface area contributed by atoms with Crippen LogP contribution in [0.4, 0.5) is 0 Å². The molecule has 1 heterocycles. The van der Waals surface area contributed by atoms with Crippen molar-refractivity contribution in [2.24, 2.45) is 0 Å². The number of rotatable bonds is 3. The molecule has 0 N–H and O–H groups in total. The van der Waals surface area contributed by atoms with Crippen LogP contribution in [-0.4, -0.2) is 9.59 Å². The molecule has 72 valence electrons. The molecule has 3 nitrogen and oxygen atoms in total. The van der Waals surface area contributed by atoms with Crippen molar-refractivity contribution in [1.82, 2.24) is 9.59 Å². The van der Waals surface area contributed by atoms with E-state index in [2.05, 4.69) is 25.5 Å². The van der Waals surface area contributed by atoms with Gasteiger partial charge >= 0.3 is 0 Å². The highest BCUT2D eigenvalue weighted by atomic mass is 79.9. The average Bonchev–Trinajstić information content (AvgIpc) is 2.69. The Kier molecular flexibility index (Phi) is 3.10. The summed E-state index contributed by atoms with van der Waals surface area (Å²) in [6.45, 7) is 0.514. The van der Waals surface area contributed by atoms with Gasteiger partial charge in [0.2, 0.25) is 0 Å². The Morgan fingerprint density at radius 1 is 1.36 bits per heavy atom. The maximum atomic E-state index is 5.56. The zero-order valence-electron chi connectivity index (χ0n) is 7.18. The van der Waals surface area contributed by atoms with Gasteiger partial charge in [0.1, 0.15) is 12.4 Å². The van der Waals surface area contributed by atoms with E-state index in [9.17, 15) is 0 Å². The first-order chi connectivity index (χ1) is 6.86. The third kappa shape index (κ3) is 2.30. The molecular weight excluding hydrogens is 264 g/mol. The predicted molar refractivity (Wildman–Crippen MR) is 58.4 cm³/mol. The fourth-order valence-corrected chi connectivity index (χ4v) is 1.77. The van der Waals surface area contributed by atoms with Gasteiger partial charge in [0.25, 0.3) is 0 Å². The molecule has 0 saturated carbocycles. The zero-order valence-corrected chi connectivity index (χ0v) is 9.59. The summed E-state index contributed by atoms with van der Waals surface area (Å²) >= 11 is 4.75. The van der Waals surface area contributed by atoms with E-state index in [1.165, 1.54) is 11.5 Å². The minimum Gasteiger partial charge on any atom is -0.487 e. The van der Waals surface area contributed by atoms with Crippen LogP contribution in [0.15, 0.2) is 34.9 Å². The van der Waals surface area contributed by atoms with E-state index in [-0.39, 0.29) is 0 Å². The Balaban J connectivity index is 2.02. The molecule has 0 bridgehead atoms. The van der Waals surface area contributed by atoms with Gasteiger partial charge < -0.3 is 4.74 Å². The largest absolute Gasteiger partial charge is 0.487 e. The van der Waals surface area contributed by atoms with E-state index in [4.69, 9.17) is 4.74 Å². The number of ether oxygens (including phenoxy) is 1. The van der Waals surface area contributed by atoms with E-state index in [1.54, 1.807) is 6.20 Å². The molecule has 0 saturated heterocycles. The zero-order chi connectivity index (χ0) is 9.80. The van der Waals surface area contributed by atoms with Crippen LogP contribution in [0.25, 0.3) is 0 Å². The number of halogens is 1. The molecule has 5 heteroatoms. The lowest BCUT2D eigenvalue weighted by Gasteiger charge is -2.05. The summed E-state index contributed by atoms with van der Waals surface area (Å²) in [7, 11) is 0. The standard InChI is InChI=1S/C9H7BrN2OS/c10-8-3-1-2-4-9(8)13-6-7-5-11-12-14-7/h1-5H,6H2. The quantitative estimate of drug-likeness (QED) is 0.861. The minimum absolute atomic E-state index is 0.514. The summed E-state index contributed by atoms with van der Waals surface area (Å²) in [6, 6.07) is 7.75. The number of nitrogens with zero attached hydrogens (tertiary/aromatic N) is 2. The molecule has 0 fully saturated rings. The van der Waals surface area contributed by atoms with Crippen LogP contribution < -0.4 is 4.74 Å². The number of benzene rings is 1. The third-order valence-corrected chi connectivity index (χ3v) is 2.90. The SMILES string of the molecule is Brc1ccccc1OCc1cnns1. The number of hydrogen-bond acceptors (Lipinski definition) is 4. The molecule has 14 heavy (non-hydrogen) atoms. The van der Waals surface area contributed by atoms with Crippen LogP contribution in [0.2, 0.25) is 0 Å². The molecule has 0 radical (unpaired) electrons. The second-order valence-electron chi connectivity index (χ2n) is 2.60. The normalized spacial score (nSPS) is 10.1. The highest BCUT2D eigenvalue weighted by Crippen LogP contribution is 2.24. The summed E-state index contributed by atoms with van der Waals surface area (Å²) in [4.78, 5) is 1.01. The van der Waals surface area contributed by atoms with Crippen molar-refractivity contribution in [3.63, 3.8) is 0 Å². The van der Waals surface area contributed by atoms with Gasteiger partial charge in [-0.3, -0.25) is 0 Å². The average molecular weight is 271 g/mol. The van der Waals surface area contributed by atoms with Crippen molar-refractivity contribution in [3.05, 3.63) is 39.8 Å². The highest BCUT2D eigenvalue weighted by molar-refractivity contribution is 9.10. The second-order valence-corrected chi connectivity index (χ2v) is 4.33. The number of hydrogen-bond donors (Lipinski definition) is 0. The molecule has 2 aromatic rings. The third-order valence-electron chi connectivity index (χ3n) is 1.61. The summed E-state index contributed by atoms with van der Waals surface area (Å²) in [5.41, 5.74) is 0. The second kappa shape index (κ2) is 4.52. The summed E-state index contributed by atoms with van der Waals surface area (Å²) in [5.74, 6) is 0.834. The topological polar surface area (TPSA) is 35.0 Å². The fourth-order valence-electron chi connectivity index (χ4n) is 0.962. The molecule has 0 aliphatic carbocycles. The van der Waals surface area contributed by atoms with E-state index >= 15 is 0 Å². The molecule has 1 aromatic carbocycles. The number of para-hydroxylation sites is 1. The van der Waals surface area contributed by atoms with Gasteiger partial charge in [-0.05, 0) is 39.6 Å². The molecule has 1 aromatic heterocycles. The Labute approximate surface area is 94.0 Å². The van der Waals surface area contributed by atoms with E-state index < -0.39 is 0 Å². The fraction of sp³-hybridized carbons (Fsp3) is 0.111. The predicted octanol–water partition coefficient (Wildman–Crippen LogP) is 2.88. The Morgan fingerprint density at radius 3 is 2.93 bits per heavy atom. The van der Waals surface area contributed by atoms with Gasteiger partial charge in [0.05, 0.1) is 15.5 Å². The van der Waals surface area contributed by atoms with Gasteiger partial charge in [0.15, 0.2) is 0 Å². The maximum Gasteiger partial charge on any atom is 0.134 e. The molecule has 0 aliphatic heterocycles. The van der Waals surface area contributed by atoms with Crippen LogP contribution in [0.5, 0.6) is 5.75 Å². The maximum absolute atomic E-state index is 5.56. The monoisotopic (exact) mass is 270 g/mol. The van der Waals surface area contributed by atoms with Crippen molar-refractivity contribution in [3.8, 4) is 5.75 Å². The van der Waals surface area contributed by atoms with Gasteiger partial charge in [0, 0.05) is 0 Å². The van der Waals surface area contributed by atoms with Crippen molar-refractivity contribution in [1.29, 1.82) is 0 Å². The van der Waals surface area contributed by atoms with E-state index in [0.29, 0.717) is 6.61 Å². The van der Waals surface area contributed by atoms with Crippen molar-refractivity contribution >= 4 is 27.5 Å². The molecule has 0 aliphatic rings. The smallest absolute Gasteiger partial charge is 0.134 e. The minimum atomic E-state index is 0.514. The summed E-state index contributed by atoms with van der Waals surface area (Å²) in [6.07, 6.45) is 1.71. The molecule has 0 spiro atoms. The van der Waals surface area contributed by atoms with E-state index in [0.717, 1.165) is 15.1 Å². The van der Waals surface area contributed by atoms with E-state index in [1.807, 2.05) is 24.3 Å². The summed E-state index contributed by atoms with van der Waals surface area (Å²) < 4.78 is 10.3. The first-order valence-electron chi connectivity index (χ1n) is 4.00. The Morgan fingerprint density at radius 2 is 2.21 bits per heavy atom. The molecule has 2 rings (SSSR count). The first kappa shape index (κ1) is 9.61. The van der Waals surface area contributed by atoms with Gasteiger partial charge in [-0.2, -0.15) is 0 Å². The number of aromatic nitrogens is 2.